The maximum absolute atomic E-state index is 12.2. The van der Waals surface area contributed by atoms with Gasteiger partial charge in [-0.3, -0.25) is 4.79 Å². The Morgan fingerprint density at radius 3 is 2.39 bits per heavy atom. The first kappa shape index (κ1) is 15.6. The van der Waals surface area contributed by atoms with Crippen molar-refractivity contribution in [3.63, 3.8) is 0 Å². The Morgan fingerprint density at radius 2 is 1.87 bits per heavy atom. The van der Waals surface area contributed by atoms with Crippen LogP contribution in [0.2, 0.25) is 0 Å². The summed E-state index contributed by atoms with van der Waals surface area (Å²) in [5, 5.41) is 7.35. The molecule has 6 heteroatoms. The van der Waals surface area contributed by atoms with Crippen molar-refractivity contribution in [2.24, 2.45) is 0 Å². The topological polar surface area (TPSA) is 60.1 Å². The first-order valence-corrected chi connectivity index (χ1v) is 7.94. The van der Waals surface area contributed by atoms with E-state index in [2.05, 4.69) is 26.3 Å². The van der Waals surface area contributed by atoms with Gasteiger partial charge in [0, 0.05) is 5.69 Å². The van der Waals surface area contributed by atoms with Gasteiger partial charge >= 0.3 is 0 Å². The molecular formula is C17H16BrN3O2. The Bertz CT molecular complexity index is 863. The highest BCUT2D eigenvalue weighted by molar-refractivity contribution is 9.10. The van der Waals surface area contributed by atoms with Gasteiger partial charge in [-0.15, -0.1) is 0 Å². The summed E-state index contributed by atoms with van der Waals surface area (Å²) in [4.78, 5) is 12.2. The minimum absolute atomic E-state index is 0.183. The predicted molar refractivity (Wildman–Crippen MR) is 92.1 cm³/mol. The number of amides is 1. The van der Waals surface area contributed by atoms with Crippen molar-refractivity contribution in [2.45, 2.75) is 20.8 Å². The monoisotopic (exact) mass is 373 g/mol. The zero-order chi connectivity index (χ0) is 16.6. The van der Waals surface area contributed by atoms with Crippen LogP contribution in [0.5, 0.6) is 0 Å². The molecule has 3 aromatic rings. The number of aromatic nitrogens is 2. The minimum atomic E-state index is -0.183. The number of carbonyl (C=O) groups excluding carboxylic acids is 1. The first-order valence-electron chi connectivity index (χ1n) is 7.15. The van der Waals surface area contributed by atoms with E-state index < -0.39 is 0 Å². The summed E-state index contributed by atoms with van der Waals surface area (Å²) < 4.78 is 8.02. The molecule has 0 atom stereocenters. The molecule has 5 nitrogen and oxygen atoms in total. The van der Waals surface area contributed by atoms with Crippen molar-refractivity contribution in [3.8, 4) is 5.69 Å². The molecule has 1 aromatic carbocycles. The number of nitrogens with zero attached hydrogens (tertiary/aromatic N) is 2. The molecule has 1 amide bonds. The lowest BCUT2D eigenvalue weighted by atomic mass is 10.2. The van der Waals surface area contributed by atoms with Gasteiger partial charge in [-0.25, -0.2) is 4.68 Å². The maximum atomic E-state index is 12.2. The highest BCUT2D eigenvalue weighted by Crippen LogP contribution is 2.24. The Hall–Kier alpha value is -2.34. The number of halogens is 1. The maximum Gasteiger partial charge on any atom is 0.259 e. The van der Waals surface area contributed by atoms with Crippen LogP contribution < -0.4 is 5.32 Å². The second kappa shape index (κ2) is 6.04. The number of nitrogens with one attached hydrogen (secondary N) is 1. The molecule has 1 N–H and O–H groups in total. The molecular weight excluding hydrogens is 358 g/mol. The van der Waals surface area contributed by atoms with Crippen molar-refractivity contribution >= 4 is 27.5 Å². The molecule has 0 bridgehead atoms. The van der Waals surface area contributed by atoms with Gasteiger partial charge in [0.1, 0.15) is 5.76 Å². The van der Waals surface area contributed by atoms with Crippen LogP contribution in [0, 0.1) is 20.8 Å². The van der Waals surface area contributed by atoms with Gasteiger partial charge < -0.3 is 9.73 Å². The average Bonchev–Trinajstić information content (AvgIpc) is 3.07. The molecule has 23 heavy (non-hydrogen) atoms. The van der Waals surface area contributed by atoms with Crippen LogP contribution in [-0.4, -0.2) is 15.7 Å². The molecule has 3 rings (SSSR count). The SMILES string of the molecule is Cc1nn(-c2ccc(NC(=O)c3ccoc3C)cc2)c(C)c1Br. The van der Waals surface area contributed by atoms with E-state index in [1.54, 1.807) is 13.0 Å². The van der Waals surface area contributed by atoms with E-state index in [1.807, 2.05) is 42.8 Å². The fraction of sp³-hybridized carbons (Fsp3) is 0.176. The van der Waals surface area contributed by atoms with Crippen LogP contribution in [0.25, 0.3) is 5.69 Å². The van der Waals surface area contributed by atoms with E-state index in [0.717, 1.165) is 27.2 Å². The summed E-state index contributed by atoms with van der Waals surface area (Å²) in [6.07, 6.45) is 1.51. The third-order valence-electron chi connectivity index (χ3n) is 3.68. The van der Waals surface area contributed by atoms with Crippen molar-refractivity contribution in [1.82, 2.24) is 9.78 Å². The zero-order valence-corrected chi connectivity index (χ0v) is 14.6. The van der Waals surface area contributed by atoms with Gasteiger partial charge in [0.25, 0.3) is 5.91 Å². The lowest BCUT2D eigenvalue weighted by Crippen LogP contribution is -2.12. The van der Waals surface area contributed by atoms with Crippen molar-refractivity contribution < 1.29 is 9.21 Å². The summed E-state index contributed by atoms with van der Waals surface area (Å²) in [5.41, 5.74) is 4.17. The summed E-state index contributed by atoms with van der Waals surface area (Å²) in [6, 6.07) is 9.21. The van der Waals surface area contributed by atoms with Crippen LogP contribution in [0.1, 0.15) is 27.5 Å². The van der Waals surface area contributed by atoms with Crippen molar-refractivity contribution in [2.75, 3.05) is 5.32 Å². The first-order chi connectivity index (χ1) is 11.0. The highest BCUT2D eigenvalue weighted by Gasteiger charge is 2.13. The fourth-order valence-electron chi connectivity index (χ4n) is 2.38. The quantitative estimate of drug-likeness (QED) is 0.739. The van der Waals surface area contributed by atoms with E-state index in [0.29, 0.717) is 11.3 Å². The summed E-state index contributed by atoms with van der Waals surface area (Å²) in [7, 11) is 0. The van der Waals surface area contributed by atoms with Gasteiger partial charge in [-0.2, -0.15) is 5.10 Å². The molecule has 0 unspecified atom stereocenters. The molecule has 2 heterocycles. The predicted octanol–water partition coefficient (Wildman–Crippen LogP) is 4.41. The molecule has 118 valence electrons. The van der Waals surface area contributed by atoms with E-state index in [4.69, 9.17) is 4.42 Å². The van der Waals surface area contributed by atoms with Crippen molar-refractivity contribution in [3.05, 3.63) is 63.8 Å². The number of rotatable bonds is 3. The van der Waals surface area contributed by atoms with Gasteiger partial charge in [0.05, 0.1) is 33.4 Å². The fourth-order valence-corrected chi connectivity index (χ4v) is 2.63. The van der Waals surface area contributed by atoms with Gasteiger partial charge in [0.15, 0.2) is 0 Å². The Balaban J connectivity index is 1.81. The second-order valence-electron chi connectivity index (χ2n) is 5.29. The number of benzene rings is 1. The lowest BCUT2D eigenvalue weighted by molar-refractivity contribution is 0.102. The van der Waals surface area contributed by atoms with Gasteiger partial charge in [-0.1, -0.05) is 0 Å². The Kier molecular flexibility index (Phi) is 4.09. The standard InChI is InChI=1S/C17H16BrN3O2/c1-10-16(18)11(2)21(20-10)14-6-4-13(5-7-14)19-17(22)15-8-9-23-12(15)3/h4-9H,1-3H3,(H,19,22). The third-order valence-corrected chi connectivity index (χ3v) is 4.82. The normalized spacial score (nSPS) is 10.8. The zero-order valence-electron chi connectivity index (χ0n) is 13.1. The Morgan fingerprint density at radius 1 is 1.17 bits per heavy atom. The number of furan rings is 1. The molecule has 0 spiro atoms. The van der Waals surface area contributed by atoms with E-state index in [-0.39, 0.29) is 5.91 Å². The van der Waals surface area contributed by atoms with Crippen LogP contribution in [-0.2, 0) is 0 Å². The highest BCUT2D eigenvalue weighted by atomic mass is 79.9. The molecule has 0 saturated carbocycles. The van der Waals surface area contributed by atoms with Crippen LogP contribution >= 0.6 is 15.9 Å². The number of hydrogen-bond donors (Lipinski definition) is 1. The largest absolute Gasteiger partial charge is 0.469 e. The van der Waals surface area contributed by atoms with Crippen LogP contribution in [0.15, 0.2) is 45.5 Å². The number of anilines is 1. The number of carbonyl (C=O) groups is 1. The third kappa shape index (κ3) is 2.94. The second-order valence-corrected chi connectivity index (χ2v) is 6.08. The molecule has 2 aromatic heterocycles. The minimum Gasteiger partial charge on any atom is -0.469 e. The number of hydrogen-bond acceptors (Lipinski definition) is 3. The average molecular weight is 374 g/mol. The van der Waals surface area contributed by atoms with E-state index in [1.165, 1.54) is 6.26 Å². The summed E-state index contributed by atoms with van der Waals surface area (Å²) >= 11 is 3.52. The van der Waals surface area contributed by atoms with Crippen molar-refractivity contribution in [1.29, 1.82) is 0 Å². The van der Waals surface area contributed by atoms with E-state index >= 15 is 0 Å². The number of aryl methyl sites for hydroxylation is 2. The molecule has 0 aliphatic heterocycles. The molecule has 0 radical (unpaired) electrons. The van der Waals surface area contributed by atoms with Crippen LogP contribution in [0.3, 0.4) is 0 Å². The Labute approximate surface area is 142 Å². The van der Waals surface area contributed by atoms with Gasteiger partial charge in [0.2, 0.25) is 0 Å². The molecule has 0 aliphatic carbocycles. The summed E-state index contributed by atoms with van der Waals surface area (Å²) in [5.74, 6) is 0.421. The lowest BCUT2D eigenvalue weighted by Gasteiger charge is -2.07. The molecule has 0 aliphatic rings. The smallest absolute Gasteiger partial charge is 0.259 e. The molecule has 0 saturated heterocycles. The van der Waals surface area contributed by atoms with Crippen LogP contribution in [0.4, 0.5) is 5.69 Å². The molecule has 0 fully saturated rings. The summed E-state index contributed by atoms with van der Waals surface area (Å²) in [6.45, 7) is 5.72. The van der Waals surface area contributed by atoms with Gasteiger partial charge in [-0.05, 0) is 67.0 Å². The van der Waals surface area contributed by atoms with E-state index in [9.17, 15) is 4.79 Å².